The minimum atomic E-state index is -0.948. The van der Waals surface area contributed by atoms with E-state index < -0.39 is 17.5 Å². The first-order valence-electron chi connectivity index (χ1n) is 4.09. The Bertz CT molecular complexity index is 366. The summed E-state index contributed by atoms with van der Waals surface area (Å²) >= 11 is 0. The van der Waals surface area contributed by atoms with Crippen LogP contribution in [0.15, 0.2) is 12.1 Å². The minimum absolute atomic E-state index is 0.0719. The molecule has 3 N–H and O–H groups in total. The van der Waals surface area contributed by atoms with Crippen LogP contribution < -0.4 is 11.1 Å². The summed E-state index contributed by atoms with van der Waals surface area (Å²) in [6.07, 6.45) is 0. The Morgan fingerprint density at radius 2 is 2.07 bits per heavy atom. The Hall–Kier alpha value is -1.65. The molecule has 0 heterocycles. The lowest BCUT2D eigenvalue weighted by molar-refractivity contribution is 0.0996. The molecule has 5 heteroatoms. The summed E-state index contributed by atoms with van der Waals surface area (Å²) < 4.78 is 26.0. The van der Waals surface area contributed by atoms with Crippen LogP contribution in [0.1, 0.15) is 17.3 Å². The molecule has 3 nitrogen and oxygen atoms in total. The van der Waals surface area contributed by atoms with Gasteiger partial charge in [0.2, 0.25) is 0 Å². The van der Waals surface area contributed by atoms with Crippen molar-refractivity contribution < 1.29 is 13.6 Å². The summed E-state index contributed by atoms with van der Waals surface area (Å²) in [5.41, 5.74) is 4.66. The summed E-state index contributed by atoms with van der Waals surface area (Å²) in [5.74, 6) is -2.60. The molecule has 0 aromatic heterocycles. The van der Waals surface area contributed by atoms with Crippen LogP contribution in [0.5, 0.6) is 0 Å². The normalized spacial score (nSPS) is 9.93. The minimum Gasteiger partial charge on any atom is -0.383 e. The number of carbonyl (C=O) groups excluding carboxylic acids is 1. The van der Waals surface area contributed by atoms with E-state index in [0.717, 1.165) is 6.07 Å². The van der Waals surface area contributed by atoms with Gasteiger partial charge in [-0.15, -0.1) is 0 Å². The maximum absolute atomic E-state index is 13.0. The van der Waals surface area contributed by atoms with E-state index in [1.165, 1.54) is 0 Å². The largest absolute Gasteiger partial charge is 0.383 e. The number of carbonyl (C=O) groups is 1. The van der Waals surface area contributed by atoms with Gasteiger partial charge in [-0.1, -0.05) is 0 Å². The zero-order valence-electron chi connectivity index (χ0n) is 7.60. The Morgan fingerprint density at radius 3 is 2.57 bits per heavy atom. The number of anilines is 1. The average Bonchev–Trinajstić information content (AvgIpc) is 2.09. The molecule has 0 spiro atoms. The maximum atomic E-state index is 13.0. The van der Waals surface area contributed by atoms with Crippen LogP contribution in [0.2, 0.25) is 0 Å². The van der Waals surface area contributed by atoms with Crippen LogP contribution in [-0.4, -0.2) is 12.5 Å². The van der Waals surface area contributed by atoms with Crippen molar-refractivity contribution in [3.8, 4) is 0 Å². The first-order chi connectivity index (χ1) is 6.56. The maximum Gasteiger partial charge on any atom is 0.251 e. The van der Waals surface area contributed by atoms with Gasteiger partial charge in [-0.25, -0.2) is 8.78 Å². The number of amides is 1. The van der Waals surface area contributed by atoms with Gasteiger partial charge in [0, 0.05) is 12.6 Å². The monoisotopic (exact) mass is 200 g/mol. The van der Waals surface area contributed by atoms with Crippen molar-refractivity contribution >= 4 is 11.6 Å². The summed E-state index contributed by atoms with van der Waals surface area (Å²) in [4.78, 5) is 10.7. The Morgan fingerprint density at radius 1 is 1.43 bits per heavy atom. The standard InChI is InChI=1S/C9H10F2N2O/c1-2-13-8-3-5(9(12)14)6(10)4-7(8)11/h3-4,13H,2H2,1H3,(H2,12,14). The number of rotatable bonds is 3. The predicted molar refractivity (Wildman–Crippen MR) is 49.0 cm³/mol. The van der Waals surface area contributed by atoms with Crippen LogP contribution in [0.4, 0.5) is 14.5 Å². The zero-order valence-corrected chi connectivity index (χ0v) is 7.60. The van der Waals surface area contributed by atoms with Crippen LogP contribution >= 0.6 is 0 Å². The second kappa shape index (κ2) is 4.04. The highest BCUT2D eigenvalue weighted by Gasteiger charge is 2.12. The average molecular weight is 200 g/mol. The van der Waals surface area contributed by atoms with E-state index in [9.17, 15) is 13.6 Å². The molecular weight excluding hydrogens is 190 g/mol. The lowest BCUT2D eigenvalue weighted by atomic mass is 10.1. The van der Waals surface area contributed by atoms with Crippen molar-refractivity contribution in [2.45, 2.75) is 6.92 Å². The lowest BCUT2D eigenvalue weighted by Crippen LogP contribution is -2.14. The number of nitrogens with two attached hydrogens (primary N) is 1. The van der Waals surface area contributed by atoms with E-state index in [-0.39, 0.29) is 11.3 Å². The first kappa shape index (κ1) is 10.4. The summed E-state index contributed by atoms with van der Waals surface area (Å²) in [7, 11) is 0. The van der Waals surface area contributed by atoms with Crippen molar-refractivity contribution in [1.82, 2.24) is 0 Å². The van der Waals surface area contributed by atoms with E-state index in [4.69, 9.17) is 5.73 Å². The van der Waals surface area contributed by atoms with Gasteiger partial charge in [0.05, 0.1) is 11.3 Å². The molecule has 14 heavy (non-hydrogen) atoms. The number of primary amides is 1. The van der Waals surface area contributed by atoms with Crippen molar-refractivity contribution in [2.24, 2.45) is 5.73 Å². The highest BCUT2D eigenvalue weighted by atomic mass is 19.1. The third-order valence-electron chi connectivity index (χ3n) is 1.69. The number of benzene rings is 1. The van der Waals surface area contributed by atoms with Gasteiger partial charge >= 0.3 is 0 Å². The molecule has 1 aromatic rings. The highest BCUT2D eigenvalue weighted by molar-refractivity contribution is 5.94. The van der Waals surface area contributed by atoms with Gasteiger partial charge in [-0.3, -0.25) is 4.79 Å². The van der Waals surface area contributed by atoms with Crippen molar-refractivity contribution in [3.05, 3.63) is 29.3 Å². The molecule has 0 saturated heterocycles. The predicted octanol–water partition coefficient (Wildman–Crippen LogP) is 1.50. The van der Waals surface area contributed by atoms with Gasteiger partial charge in [0.15, 0.2) is 0 Å². The van der Waals surface area contributed by atoms with Gasteiger partial charge in [-0.05, 0) is 13.0 Å². The highest BCUT2D eigenvalue weighted by Crippen LogP contribution is 2.18. The SMILES string of the molecule is CCNc1cc(C(N)=O)c(F)cc1F. The number of hydrogen-bond donors (Lipinski definition) is 2. The topological polar surface area (TPSA) is 55.1 Å². The van der Waals surface area contributed by atoms with Crippen LogP contribution in [0.25, 0.3) is 0 Å². The Kier molecular flexibility index (Phi) is 3.01. The van der Waals surface area contributed by atoms with Crippen molar-refractivity contribution in [3.63, 3.8) is 0 Å². The third-order valence-corrected chi connectivity index (χ3v) is 1.69. The molecule has 0 bridgehead atoms. The number of halogens is 2. The third kappa shape index (κ3) is 1.99. The molecule has 0 aliphatic carbocycles. The van der Waals surface area contributed by atoms with Gasteiger partial charge < -0.3 is 11.1 Å². The van der Waals surface area contributed by atoms with Crippen LogP contribution in [0.3, 0.4) is 0 Å². The molecule has 0 aliphatic heterocycles. The molecule has 1 aromatic carbocycles. The second-order valence-electron chi connectivity index (χ2n) is 2.71. The molecule has 1 rings (SSSR count). The smallest absolute Gasteiger partial charge is 0.251 e. The summed E-state index contributed by atoms with van der Waals surface area (Å²) in [5, 5.41) is 2.65. The summed E-state index contributed by atoms with van der Waals surface area (Å²) in [6.45, 7) is 2.23. The Balaban J connectivity index is 3.20. The fraction of sp³-hybridized carbons (Fsp3) is 0.222. The number of hydrogen-bond acceptors (Lipinski definition) is 2. The van der Waals surface area contributed by atoms with Gasteiger partial charge in [-0.2, -0.15) is 0 Å². The van der Waals surface area contributed by atoms with E-state index in [1.807, 2.05) is 0 Å². The molecule has 1 amide bonds. The fourth-order valence-electron chi connectivity index (χ4n) is 1.06. The molecule has 0 atom stereocenters. The van der Waals surface area contributed by atoms with E-state index in [1.54, 1.807) is 6.92 Å². The first-order valence-corrected chi connectivity index (χ1v) is 4.09. The van der Waals surface area contributed by atoms with E-state index in [0.29, 0.717) is 12.6 Å². The van der Waals surface area contributed by atoms with E-state index in [2.05, 4.69) is 5.32 Å². The molecule has 0 radical (unpaired) electrons. The molecule has 0 saturated carbocycles. The van der Waals surface area contributed by atoms with Gasteiger partial charge in [0.25, 0.3) is 5.91 Å². The number of nitrogens with one attached hydrogen (secondary N) is 1. The summed E-state index contributed by atoms with van der Waals surface area (Å²) in [6, 6.07) is 1.70. The zero-order chi connectivity index (χ0) is 10.7. The van der Waals surface area contributed by atoms with Crippen LogP contribution in [0, 0.1) is 11.6 Å². The van der Waals surface area contributed by atoms with Gasteiger partial charge in [0.1, 0.15) is 11.6 Å². The van der Waals surface area contributed by atoms with Crippen molar-refractivity contribution in [1.29, 1.82) is 0 Å². The quantitative estimate of drug-likeness (QED) is 0.776. The molecule has 76 valence electrons. The van der Waals surface area contributed by atoms with Crippen LogP contribution in [-0.2, 0) is 0 Å². The molecular formula is C9H10F2N2O. The van der Waals surface area contributed by atoms with Crippen molar-refractivity contribution in [2.75, 3.05) is 11.9 Å². The molecule has 0 fully saturated rings. The lowest BCUT2D eigenvalue weighted by Gasteiger charge is -2.06. The second-order valence-corrected chi connectivity index (χ2v) is 2.71. The van der Waals surface area contributed by atoms with E-state index >= 15 is 0 Å². The molecule has 0 aliphatic rings. The molecule has 0 unspecified atom stereocenters. The Labute approximate surface area is 79.9 Å². The fourth-order valence-corrected chi connectivity index (χ4v) is 1.06.